The largest absolute Gasteiger partial charge is 0.355 e. The minimum absolute atomic E-state index is 0.189. The van der Waals surface area contributed by atoms with Crippen LogP contribution in [0.2, 0.25) is 0 Å². The van der Waals surface area contributed by atoms with Gasteiger partial charge < -0.3 is 10.2 Å². The molecule has 0 saturated carbocycles. The molecule has 0 saturated heterocycles. The maximum atomic E-state index is 13.3. The van der Waals surface area contributed by atoms with Gasteiger partial charge in [-0.05, 0) is 44.5 Å². The Labute approximate surface area is 192 Å². The van der Waals surface area contributed by atoms with Crippen LogP contribution in [0.25, 0.3) is 0 Å². The summed E-state index contributed by atoms with van der Waals surface area (Å²) in [7, 11) is -3.73. The third-order valence-corrected chi connectivity index (χ3v) is 6.36. The standard InChI is InChI=1S/C22H28BrN3O4S/c1-5-24-22(28)17(3)25(14-18-9-6-8-16(2)12-18)21(27)15-26(31(4,29)30)20-11-7-10-19(23)13-20/h6-13,17H,5,14-15H2,1-4H3,(H,24,28)/t17-/m0/s1. The molecule has 0 unspecified atom stereocenters. The molecule has 2 aromatic carbocycles. The normalized spacial score (nSPS) is 12.2. The van der Waals surface area contributed by atoms with Crippen molar-refractivity contribution < 1.29 is 18.0 Å². The zero-order chi connectivity index (χ0) is 23.2. The van der Waals surface area contributed by atoms with Crippen LogP contribution in [0.3, 0.4) is 0 Å². The van der Waals surface area contributed by atoms with Crippen LogP contribution in [0.5, 0.6) is 0 Å². The van der Waals surface area contributed by atoms with E-state index in [1.807, 2.05) is 31.2 Å². The first-order valence-corrected chi connectivity index (χ1v) is 12.5. The number of carbonyl (C=O) groups is 2. The van der Waals surface area contributed by atoms with Gasteiger partial charge in [0.2, 0.25) is 21.8 Å². The first-order valence-electron chi connectivity index (χ1n) is 9.89. The number of rotatable bonds is 9. The van der Waals surface area contributed by atoms with E-state index in [0.717, 1.165) is 21.7 Å². The molecular formula is C22H28BrN3O4S. The van der Waals surface area contributed by atoms with Crippen LogP contribution >= 0.6 is 15.9 Å². The monoisotopic (exact) mass is 509 g/mol. The second-order valence-electron chi connectivity index (χ2n) is 7.33. The van der Waals surface area contributed by atoms with Gasteiger partial charge in [0, 0.05) is 17.6 Å². The van der Waals surface area contributed by atoms with Crippen LogP contribution in [0.4, 0.5) is 5.69 Å². The Balaban J connectivity index is 2.38. The van der Waals surface area contributed by atoms with Gasteiger partial charge in [-0.1, -0.05) is 51.8 Å². The number of nitrogens with zero attached hydrogens (tertiary/aromatic N) is 2. The molecule has 0 radical (unpaired) electrons. The van der Waals surface area contributed by atoms with E-state index >= 15 is 0 Å². The SMILES string of the molecule is CCNC(=O)[C@H](C)N(Cc1cccc(C)c1)C(=O)CN(c1cccc(Br)c1)S(C)(=O)=O. The van der Waals surface area contributed by atoms with E-state index in [1.54, 1.807) is 38.1 Å². The molecule has 0 heterocycles. The van der Waals surface area contributed by atoms with Crippen molar-refractivity contribution in [2.75, 3.05) is 23.7 Å². The molecule has 7 nitrogen and oxygen atoms in total. The highest BCUT2D eigenvalue weighted by atomic mass is 79.9. The summed E-state index contributed by atoms with van der Waals surface area (Å²) in [5.41, 5.74) is 2.26. The van der Waals surface area contributed by atoms with E-state index in [4.69, 9.17) is 0 Å². The Morgan fingerprint density at radius 2 is 1.81 bits per heavy atom. The Kier molecular flexibility index (Phi) is 8.64. The van der Waals surface area contributed by atoms with Crippen molar-refractivity contribution in [3.05, 3.63) is 64.1 Å². The van der Waals surface area contributed by atoms with Gasteiger partial charge in [0.15, 0.2) is 0 Å². The van der Waals surface area contributed by atoms with Gasteiger partial charge in [0.1, 0.15) is 12.6 Å². The van der Waals surface area contributed by atoms with Crippen LogP contribution in [0.15, 0.2) is 53.0 Å². The number of amides is 2. The zero-order valence-electron chi connectivity index (χ0n) is 18.1. The Morgan fingerprint density at radius 3 is 2.39 bits per heavy atom. The van der Waals surface area contributed by atoms with Crippen molar-refractivity contribution in [2.24, 2.45) is 0 Å². The number of nitrogens with one attached hydrogen (secondary N) is 1. The number of likely N-dealkylation sites (N-methyl/N-ethyl adjacent to an activating group) is 1. The maximum absolute atomic E-state index is 13.3. The van der Waals surface area contributed by atoms with E-state index in [2.05, 4.69) is 21.2 Å². The molecule has 2 amide bonds. The third kappa shape index (κ3) is 7.07. The van der Waals surface area contributed by atoms with Crippen LogP contribution in [0.1, 0.15) is 25.0 Å². The summed E-state index contributed by atoms with van der Waals surface area (Å²) in [5, 5.41) is 2.73. The summed E-state index contributed by atoms with van der Waals surface area (Å²) < 4.78 is 26.7. The van der Waals surface area contributed by atoms with Crippen molar-refractivity contribution in [1.29, 1.82) is 0 Å². The van der Waals surface area contributed by atoms with Crippen LogP contribution in [-0.4, -0.2) is 50.5 Å². The second-order valence-corrected chi connectivity index (χ2v) is 10.2. The third-order valence-electron chi connectivity index (χ3n) is 4.73. The lowest BCUT2D eigenvalue weighted by atomic mass is 10.1. The summed E-state index contributed by atoms with van der Waals surface area (Å²) in [6, 6.07) is 13.6. The molecule has 1 atom stereocenters. The molecule has 0 spiro atoms. The molecule has 0 aliphatic rings. The van der Waals surface area contributed by atoms with Crippen molar-refractivity contribution in [3.8, 4) is 0 Å². The van der Waals surface area contributed by atoms with Gasteiger partial charge in [-0.15, -0.1) is 0 Å². The number of hydrogen-bond acceptors (Lipinski definition) is 4. The molecular weight excluding hydrogens is 482 g/mol. The van der Waals surface area contributed by atoms with Crippen molar-refractivity contribution >= 4 is 43.5 Å². The van der Waals surface area contributed by atoms with Gasteiger partial charge in [0.05, 0.1) is 11.9 Å². The Bertz CT molecular complexity index is 1040. The Morgan fingerprint density at radius 1 is 1.13 bits per heavy atom. The molecule has 0 bridgehead atoms. The zero-order valence-corrected chi connectivity index (χ0v) is 20.5. The fourth-order valence-electron chi connectivity index (χ4n) is 3.16. The number of aryl methyl sites for hydroxylation is 1. The van der Waals surface area contributed by atoms with Crippen molar-refractivity contribution in [2.45, 2.75) is 33.4 Å². The highest BCUT2D eigenvalue weighted by Gasteiger charge is 2.29. The lowest BCUT2D eigenvalue weighted by Gasteiger charge is -2.31. The molecule has 168 valence electrons. The molecule has 0 aliphatic carbocycles. The number of hydrogen-bond donors (Lipinski definition) is 1. The first kappa shape index (κ1) is 24.9. The van der Waals surface area contributed by atoms with Crippen molar-refractivity contribution in [3.63, 3.8) is 0 Å². The fraction of sp³-hybridized carbons (Fsp3) is 0.364. The van der Waals surface area contributed by atoms with E-state index in [-0.39, 0.29) is 12.5 Å². The van der Waals surface area contributed by atoms with E-state index < -0.39 is 28.5 Å². The van der Waals surface area contributed by atoms with E-state index in [0.29, 0.717) is 16.7 Å². The summed E-state index contributed by atoms with van der Waals surface area (Å²) in [4.78, 5) is 27.2. The molecule has 0 aromatic heterocycles. The highest BCUT2D eigenvalue weighted by molar-refractivity contribution is 9.10. The quantitative estimate of drug-likeness (QED) is 0.562. The van der Waals surface area contributed by atoms with Gasteiger partial charge in [-0.25, -0.2) is 8.42 Å². The highest BCUT2D eigenvalue weighted by Crippen LogP contribution is 2.23. The molecule has 2 aromatic rings. The van der Waals surface area contributed by atoms with Crippen LogP contribution < -0.4 is 9.62 Å². The van der Waals surface area contributed by atoms with Gasteiger partial charge in [0.25, 0.3) is 0 Å². The first-order chi connectivity index (χ1) is 14.5. The predicted octanol–water partition coefficient (Wildman–Crippen LogP) is 3.08. The second kappa shape index (κ2) is 10.8. The van der Waals surface area contributed by atoms with Crippen LogP contribution in [0, 0.1) is 6.92 Å². The molecule has 9 heteroatoms. The lowest BCUT2D eigenvalue weighted by molar-refractivity contribution is -0.139. The minimum atomic E-state index is -3.73. The summed E-state index contributed by atoms with van der Waals surface area (Å²) in [5.74, 6) is -0.762. The summed E-state index contributed by atoms with van der Waals surface area (Å²) in [6.07, 6.45) is 1.05. The van der Waals surface area contributed by atoms with Crippen molar-refractivity contribution in [1.82, 2.24) is 10.2 Å². The van der Waals surface area contributed by atoms with E-state index in [1.165, 1.54) is 4.90 Å². The summed E-state index contributed by atoms with van der Waals surface area (Å²) >= 11 is 3.33. The van der Waals surface area contributed by atoms with Gasteiger partial charge in [-0.3, -0.25) is 13.9 Å². The average Bonchev–Trinajstić information content (AvgIpc) is 2.69. The molecule has 31 heavy (non-hydrogen) atoms. The number of carbonyl (C=O) groups excluding carboxylic acids is 2. The molecule has 1 N–H and O–H groups in total. The predicted molar refractivity (Wildman–Crippen MR) is 126 cm³/mol. The van der Waals surface area contributed by atoms with Gasteiger partial charge >= 0.3 is 0 Å². The Hall–Kier alpha value is -2.39. The molecule has 0 aliphatic heterocycles. The molecule has 2 rings (SSSR count). The average molecular weight is 510 g/mol. The number of benzene rings is 2. The maximum Gasteiger partial charge on any atom is 0.244 e. The topological polar surface area (TPSA) is 86.8 Å². The molecule has 0 fully saturated rings. The lowest BCUT2D eigenvalue weighted by Crippen LogP contribution is -2.51. The summed E-state index contributed by atoms with van der Waals surface area (Å²) in [6.45, 7) is 5.60. The number of halogens is 1. The smallest absolute Gasteiger partial charge is 0.244 e. The van der Waals surface area contributed by atoms with Gasteiger partial charge in [-0.2, -0.15) is 0 Å². The number of sulfonamides is 1. The fourth-order valence-corrected chi connectivity index (χ4v) is 4.39. The van der Waals surface area contributed by atoms with Crippen LogP contribution in [-0.2, 0) is 26.2 Å². The minimum Gasteiger partial charge on any atom is -0.355 e. The number of anilines is 1. The van der Waals surface area contributed by atoms with E-state index in [9.17, 15) is 18.0 Å².